The zero-order chi connectivity index (χ0) is 54.1. The predicted octanol–water partition coefficient (Wildman–Crippen LogP) is 23.7. The average molecular weight is 978 g/mol. The van der Waals surface area contributed by atoms with Gasteiger partial charge >= 0.3 is 0 Å². The Balaban J connectivity index is 0.000000426. The SMILES string of the molecule is CC(C)C1CCC(C(C)C)C1.CC(C)C1CCC(C(C)C)CC1.CC(C)C1CCCC(C(C)C)C1.CC(C)c1ccc(C(C)C)cc1.CC(C)c1cccc(C(C)C)c1.CC(C)c1ccccc1C(C)C. The maximum absolute atomic E-state index is 2.38. The van der Waals surface area contributed by atoms with E-state index in [1.54, 1.807) is 0 Å². The quantitative estimate of drug-likeness (QED) is 0.170. The van der Waals surface area contributed by atoms with Crippen molar-refractivity contribution in [1.82, 2.24) is 0 Å². The molecule has 71 heavy (non-hydrogen) atoms. The van der Waals surface area contributed by atoms with Gasteiger partial charge in [-0.25, -0.2) is 0 Å². The van der Waals surface area contributed by atoms with Crippen LogP contribution in [0.25, 0.3) is 0 Å². The zero-order valence-corrected chi connectivity index (χ0v) is 52.1. The molecule has 3 aliphatic rings. The lowest BCUT2D eigenvalue weighted by molar-refractivity contribution is 0.177. The molecule has 0 amide bonds. The fraction of sp³-hybridized carbons (Fsp3) is 0.746. The van der Waals surface area contributed by atoms with Crippen LogP contribution in [-0.4, -0.2) is 0 Å². The van der Waals surface area contributed by atoms with Crippen molar-refractivity contribution >= 4 is 0 Å². The third-order valence-electron chi connectivity index (χ3n) is 17.5. The Morgan fingerprint density at radius 1 is 0.254 bits per heavy atom. The summed E-state index contributed by atoms with van der Waals surface area (Å²) < 4.78 is 0. The summed E-state index contributed by atoms with van der Waals surface area (Å²) in [7, 11) is 0. The van der Waals surface area contributed by atoms with Crippen molar-refractivity contribution in [2.24, 2.45) is 71.0 Å². The van der Waals surface area contributed by atoms with Gasteiger partial charge in [0.05, 0.1) is 0 Å². The van der Waals surface area contributed by atoms with Crippen LogP contribution in [0.5, 0.6) is 0 Å². The molecule has 3 aliphatic carbocycles. The van der Waals surface area contributed by atoms with Crippen LogP contribution in [0.2, 0.25) is 0 Å². The fourth-order valence-corrected chi connectivity index (χ4v) is 11.3. The van der Waals surface area contributed by atoms with Gasteiger partial charge in [0.15, 0.2) is 0 Å². The van der Waals surface area contributed by atoms with E-state index in [-0.39, 0.29) is 0 Å². The second kappa shape index (κ2) is 35.0. The summed E-state index contributed by atoms with van der Waals surface area (Å²) in [4.78, 5) is 0. The van der Waals surface area contributed by atoms with Gasteiger partial charge in [0.2, 0.25) is 0 Å². The molecule has 408 valence electrons. The van der Waals surface area contributed by atoms with E-state index in [4.69, 9.17) is 0 Å². The van der Waals surface area contributed by atoms with Crippen molar-refractivity contribution in [1.29, 1.82) is 0 Å². The van der Waals surface area contributed by atoms with E-state index in [2.05, 4.69) is 239 Å². The predicted molar refractivity (Wildman–Crippen MR) is 325 cm³/mol. The first kappa shape index (κ1) is 66.7. The van der Waals surface area contributed by atoms with Crippen LogP contribution in [0, 0.1) is 71.0 Å². The van der Waals surface area contributed by atoms with Crippen molar-refractivity contribution in [3.63, 3.8) is 0 Å². The molecule has 0 spiro atoms. The van der Waals surface area contributed by atoms with Crippen molar-refractivity contribution in [3.05, 3.63) is 106 Å². The van der Waals surface area contributed by atoms with Gasteiger partial charge in [0, 0.05) is 0 Å². The lowest BCUT2D eigenvalue weighted by atomic mass is 9.72. The minimum absolute atomic E-state index is 0.642. The van der Waals surface area contributed by atoms with Gasteiger partial charge in [0.25, 0.3) is 0 Å². The van der Waals surface area contributed by atoms with E-state index in [0.717, 1.165) is 71.0 Å². The number of rotatable bonds is 12. The summed E-state index contributed by atoms with van der Waals surface area (Å²) in [6, 6.07) is 26.6. The molecule has 0 saturated heterocycles. The second-order valence-electron chi connectivity index (χ2n) is 27.1. The highest BCUT2D eigenvalue weighted by molar-refractivity contribution is 5.32. The summed E-state index contributed by atoms with van der Waals surface area (Å²) in [5.41, 5.74) is 8.74. The largest absolute Gasteiger partial charge is 0.0625 e. The molecule has 0 heteroatoms. The smallest absolute Gasteiger partial charge is 0.0216 e. The lowest BCUT2D eigenvalue weighted by Gasteiger charge is -2.33. The summed E-state index contributed by atoms with van der Waals surface area (Å²) in [5.74, 6) is 15.5. The highest BCUT2D eigenvalue weighted by atomic mass is 14.3. The standard InChI is InChI=1S/C12H24.C12H18.C12H24.2C12H18.C11H22/c2*1-9(2)11-5-7-12(8-6-11)10(3)4;2*1-9(2)11-6-5-7-12(8-11)10(3)4;1-9(2)11-7-5-6-8-12(11)10(3)4;1-8(2)10-5-6-11(7-10)9(3)4/h9-12H,5-8H2,1-4H3;5-10H,1-4H3;9-12H,5-8H2,1-4H3;2*5-10H,1-4H3;8-11H,5-7H2,1-4H3. The van der Waals surface area contributed by atoms with Crippen molar-refractivity contribution in [2.45, 2.75) is 272 Å². The summed E-state index contributed by atoms with van der Waals surface area (Å²) >= 11 is 0. The Morgan fingerprint density at radius 2 is 0.507 bits per heavy atom. The van der Waals surface area contributed by atoms with Gasteiger partial charge in [-0.2, -0.15) is 0 Å². The minimum atomic E-state index is 0.642. The first-order valence-corrected chi connectivity index (χ1v) is 30.5. The van der Waals surface area contributed by atoms with Crippen LogP contribution in [0.4, 0.5) is 0 Å². The van der Waals surface area contributed by atoms with Gasteiger partial charge in [-0.15, -0.1) is 0 Å². The molecule has 0 heterocycles. The molecular weight excluding hydrogens is 853 g/mol. The molecule has 6 rings (SSSR count). The molecule has 0 radical (unpaired) electrons. The monoisotopic (exact) mass is 977 g/mol. The lowest BCUT2D eigenvalue weighted by Crippen LogP contribution is -2.22. The van der Waals surface area contributed by atoms with Gasteiger partial charge in [-0.05, 0) is 191 Å². The maximum atomic E-state index is 2.38. The Kier molecular flexibility index (Phi) is 32.9. The Morgan fingerprint density at radius 3 is 0.732 bits per heavy atom. The minimum Gasteiger partial charge on any atom is -0.0625 e. The van der Waals surface area contributed by atoms with Crippen LogP contribution in [0.3, 0.4) is 0 Å². The molecule has 0 bridgehead atoms. The van der Waals surface area contributed by atoms with Gasteiger partial charge in [-0.1, -0.05) is 258 Å². The van der Waals surface area contributed by atoms with Crippen molar-refractivity contribution < 1.29 is 0 Å². The van der Waals surface area contributed by atoms with E-state index in [0.29, 0.717) is 35.5 Å². The molecule has 3 aromatic carbocycles. The van der Waals surface area contributed by atoms with Crippen LogP contribution in [0.15, 0.2) is 72.8 Å². The molecule has 4 unspecified atom stereocenters. The summed E-state index contributed by atoms with van der Waals surface area (Å²) in [5, 5.41) is 0. The topological polar surface area (TPSA) is 0 Å². The summed E-state index contributed by atoms with van der Waals surface area (Å²) in [6.07, 6.45) is 16.4. The van der Waals surface area contributed by atoms with Gasteiger partial charge < -0.3 is 0 Å². The van der Waals surface area contributed by atoms with Crippen molar-refractivity contribution in [3.8, 4) is 0 Å². The van der Waals surface area contributed by atoms with E-state index in [1.807, 2.05) is 0 Å². The second-order valence-corrected chi connectivity index (χ2v) is 27.1. The van der Waals surface area contributed by atoms with Crippen LogP contribution >= 0.6 is 0 Å². The molecule has 3 saturated carbocycles. The first-order chi connectivity index (χ1) is 33.2. The number of benzene rings is 3. The molecule has 4 atom stereocenters. The zero-order valence-electron chi connectivity index (χ0n) is 52.1. The van der Waals surface area contributed by atoms with Crippen LogP contribution in [-0.2, 0) is 0 Å². The van der Waals surface area contributed by atoms with E-state index in [1.165, 1.54) is 104 Å². The van der Waals surface area contributed by atoms with Gasteiger partial charge in [0.1, 0.15) is 0 Å². The molecular formula is C71H124. The van der Waals surface area contributed by atoms with E-state index < -0.39 is 0 Å². The normalized spacial score (nSPS) is 21.3. The van der Waals surface area contributed by atoms with Gasteiger partial charge in [-0.3, -0.25) is 0 Å². The Bertz CT molecular complexity index is 1610. The van der Waals surface area contributed by atoms with Crippen LogP contribution < -0.4 is 0 Å². The summed E-state index contributed by atoms with van der Waals surface area (Å²) in [6.45, 7) is 55.4. The van der Waals surface area contributed by atoms with E-state index in [9.17, 15) is 0 Å². The molecule has 3 fully saturated rings. The van der Waals surface area contributed by atoms with E-state index >= 15 is 0 Å². The molecule has 0 N–H and O–H groups in total. The Hall–Kier alpha value is -2.34. The molecule has 0 aromatic heterocycles. The number of hydrogen-bond acceptors (Lipinski definition) is 0. The molecule has 3 aromatic rings. The average Bonchev–Trinajstić information content (AvgIpc) is 3.85. The molecule has 0 nitrogen and oxygen atoms in total. The Labute approximate surface area is 447 Å². The first-order valence-electron chi connectivity index (χ1n) is 30.5. The third-order valence-corrected chi connectivity index (χ3v) is 17.5. The molecule has 0 aliphatic heterocycles. The highest BCUT2D eigenvalue weighted by Crippen LogP contribution is 2.40. The van der Waals surface area contributed by atoms with Crippen molar-refractivity contribution in [2.75, 3.05) is 0 Å². The maximum Gasteiger partial charge on any atom is -0.0216 e. The fourth-order valence-electron chi connectivity index (χ4n) is 11.3. The van der Waals surface area contributed by atoms with Crippen LogP contribution in [0.1, 0.15) is 306 Å². The number of hydrogen-bond donors (Lipinski definition) is 0. The third kappa shape index (κ3) is 26.1. The highest BCUT2D eigenvalue weighted by Gasteiger charge is 2.29.